The first kappa shape index (κ1) is 11.9. The van der Waals surface area contributed by atoms with Crippen molar-refractivity contribution >= 4 is 17.2 Å². The molecule has 4 nitrogen and oxygen atoms in total. The first-order chi connectivity index (χ1) is 7.13. The SMILES string of the molecule is COCCOc1cc(C(N)=S)cc(C)n1. The summed E-state index contributed by atoms with van der Waals surface area (Å²) in [6, 6.07) is 3.55. The van der Waals surface area contributed by atoms with Crippen LogP contribution in [0.5, 0.6) is 5.88 Å². The highest BCUT2D eigenvalue weighted by Crippen LogP contribution is 2.12. The van der Waals surface area contributed by atoms with Crippen LogP contribution in [-0.4, -0.2) is 30.3 Å². The van der Waals surface area contributed by atoms with Crippen molar-refractivity contribution in [2.24, 2.45) is 5.73 Å². The van der Waals surface area contributed by atoms with E-state index in [2.05, 4.69) is 4.98 Å². The van der Waals surface area contributed by atoms with Gasteiger partial charge >= 0.3 is 0 Å². The van der Waals surface area contributed by atoms with Crippen LogP contribution in [0.2, 0.25) is 0 Å². The number of thiocarbonyl (C=S) groups is 1. The van der Waals surface area contributed by atoms with Crippen LogP contribution in [0.15, 0.2) is 12.1 Å². The molecular weight excluding hydrogens is 212 g/mol. The number of hydrogen-bond donors (Lipinski definition) is 1. The van der Waals surface area contributed by atoms with Gasteiger partial charge in [-0.05, 0) is 13.0 Å². The van der Waals surface area contributed by atoms with Crippen molar-refractivity contribution in [2.75, 3.05) is 20.3 Å². The molecule has 1 rings (SSSR count). The minimum atomic E-state index is 0.345. The Hall–Kier alpha value is -1.20. The predicted molar refractivity (Wildman–Crippen MR) is 62.2 cm³/mol. The highest BCUT2D eigenvalue weighted by Gasteiger charge is 2.03. The fourth-order valence-corrected chi connectivity index (χ4v) is 1.20. The van der Waals surface area contributed by atoms with Gasteiger partial charge in [0, 0.05) is 24.4 Å². The Bertz CT molecular complexity index is 355. The largest absolute Gasteiger partial charge is 0.475 e. The number of ether oxygens (including phenoxy) is 2. The standard InChI is InChI=1S/C10H14N2O2S/c1-7-5-8(10(11)15)6-9(12-7)14-4-3-13-2/h5-6H,3-4H2,1-2H3,(H2,11,15). The molecule has 82 valence electrons. The van der Waals surface area contributed by atoms with Crippen LogP contribution in [0.4, 0.5) is 0 Å². The van der Waals surface area contributed by atoms with Gasteiger partial charge in [0.2, 0.25) is 5.88 Å². The quantitative estimate of drug-likeness (QED) is 0.600. The fraction of sp³-hybridized carbons (Fsp3) is 0.400. The summed E-state index contributed by atoms with van der Waals surface area (Å²) in [5.41, 5.74) is 7.12. The molecule has 0 spiro atoms. The zero-order valence-electron chi connectivity index (χ0n) is 8.82. The number of nitrogens with zero attached hydrogens (tertiary/aromatic N) is 1. The molecule has 0 aliphatic heterocycles. The number of nitrogens with two attached hydrogens (primary N) is 1. The molecule has 0 amide bonds. The van der Waals surface area contributed by atoms with Crippen LogP contribution in [0.1, 0.15) is 11.3 Å². The van der Waals surface area contributed by atoms with Crippen LogP contribution < -0.4 is 10.5 Å². The molecule has 0 saturated carbocycles. The second kappa shape index (κ2) is 5.63. The van der Waals surface area contributed by atoms with E-state index in [1.54, 1.807) is 13.2 Å². The minimum absolute atomic E-state index is 0.345. The van der Waals surface area contributed by atoms with E-state index in [1.807, 2.05) is 13.0 Å². The number of aromatic nitrogens is 1. The molecule has 0 bridgehead atoms. The van der Waals surface area contributed by atoms with E-state index in [4.69, 9.17) is 27.4 Å². The van der Waals surface area contributed by atoms with Crippen LogP contribution in [0.25, 0.3) is 0 Å². The molecule has 0 aliphatic rings. The Morgan fingerprint density at radius 2 is 2.20 bits per heavy atom. The van der Waals surface area contributed by atoms with Gasteiger partial charge in [-0.3, -0.25) is 0 Å². The number of methoxy groups -OCH3 is 1. The van der Waals surface area contributed by atoms with Crippen molar-refractivity contribution in [1.82, 2.24) is 4.98 Å². The van der Waals surface area contributed by atoms with Gasteiger partial charge in [0.1, 0.15) is 11.6 Å². The smallest absolute Gasteiger partial charge is 0.214 e. The second-order valence-corrected chi connectivity index (χ2v) is 3.48. The van der Waals surface area contributed by atoms with Crippen LogP contribution in [0.3, 0.4) is 0 Å². The number of hydrogen-bond acceptors (Lipinski definition) is 4. The maximum absolute atomic E-state index is 5.53. The van der Waals surface area contributed by atoms with Gasteiger partial charge < -0.3 is 15.2 Å². The second-order valence-electron chi connectivity index (χ2n) is 3.04. The Morgan fingerprint density at radius 3 is 2.80 bits per heavy atom. The molecule has 1 aromatic rings. The zero-order chi connectivity index (χ0) is 11.3. The summed E-state index contributed by atoms with van der Waals surface area (Å²) in [6.45, 7) is 2.85. The highest BCUT2D eigenvalue weighted by molar-refractivity contribution is 7.80. The topological polar surface area (TPSA) is 57.4 Å². The minimum Gasteiger partial charge on any atom is -0.475 e. The van der Waals surface area contributed by atoms with Gasteiger partial charge in [0.15, 0.2) is 0 Å². The average molecular weight is 226 g/mol. The summed E-state index contributed by atoms with van der Waals surface area (Å²) in [4.78, 5) is 4.54. The predicted octanol–water partition coefficient (Wildman–Crippen LogP) is 1.05. The maximum atomic E-state index is 5.53. The molecule has 0 saturated heterocycles. The monoisotopic (exact) mass is 226 g/mol. The third-order valence-electron chi connectivity index (χ3n) is 1.75. The van der Waals surface area contributed by atoms with Crippen molar-refractivity contribution in [3.8, 4) is 5.88 Å². The van der Waals surface area contributed by atoms with Gasteiger partial charge in [0.05, 0.1) is 6.61 Å². The Labute approximate surface area is 94.4 Å². The summed E-state index contributed by atoms with van der Waals surface area (Å²) >= 11 is 4.89. The van der Waals surface area contributed by atoms with Gasteiger partial charge in [-0.15, -0.1) is 0 Å². The van der Waals surface area contributed by atoms with E-state index in [9.17, 15) is 0 Å². The normalized spacial score (nSPS) is 10.0. The Morgan fingerprint density at radius 1 is 1.47 bits per heavy atom. The van der Waals surface area contributed by atoms with Gasteiger partial charge in [0.25, 0.3) is 0 Å². The molecule has 5 heteroatoms. The lowest BCUT2D eigenvalue weighted by Crippen LogP contribution is -2.11. The summed E-state index contributed by atoms with van der Waals surface area (Å²) in [5, 5.41) is 0. The van der Waals surface area contributed by atoms with Gasteiger partial charge in [-0.25, -0.2) is 4.98 Å². The van der Waals surface area contributed by atoms with Crippen molar-refractivity contribution in [3.05, 3.63) is 23.4 Å². The first-order valence-electron chi connectivity index (χ1n) is 4.53. The molecule has 1 heterocycles. The molecule has 0 aliphatic carbocycles. The van der Waals surface area contributed by atoms with Gasteiger partial charge in [-0.2, -0.15) is 0 Å². The lowest BCUT2D eigenvalue weighted by molar-refractivity contribution is 0.143. The lowest BCUT2D eigenvalue weighted by Gasteiger charge is -2.07. The fourth-order valence-electron chi connectivity index (χ4n) is 1.08. The van der Waals surface area contributed by atoms with Crippen LogP contribution in [0, 0.1) is 6.92 Å². The molecule has 0 unspecified atom stereocenters. The summed E-state index contributed by atoms with van der Waals surface area (Å²) in [5.74, 6) is 0.523. The summed E-state index contributed by atoms with van der Waals surface area (Å²) < 4.78 is 10.2. The Kier molecular flexibility index (Phi) is 4.45. The van der Waals surface area contributed by atoms with Crippen molar-refractivity contribution < 1.29 is 9.47 Å². The molecule has 15 heavy (non-hydrogen) atoms. The van der Waals surface area contributed by atoms with Crippen molar-refractivity contribution in [3.63, 3.8) is 0 Å². The van der Waals surface area contributed by atoms with E-state index in [1.165, 1.54) is 0 Å². The maximum Gasteiger partial charge on any atom is 0.214 e. The van der Waals surface area contributed by atoms with E-state index in [0.717, 1.165) is 11.3 Å². The molecule has 0 aromatic carbocycles. The molecule has 2 N–H and O–H groups in total. The van der Waals surface area contributed by atoms with Crippen molar-refractivity contribution in [1.29, 1.82) is 0 Å². The molecule has 1 aromatic heterocycles. The number of pyridine rings is 1. The Balaban J connectivity index is 2.75. The van der Waals surface area contributed by atoms with E-state index < -0.39 is 0 Å². The zero-order valence-corrected chi connectivity index (χ0v) is 9.63. The van der Waals surface area contributed by atoms with Crippen LogP contribution >= 0.6 is 12.2 Å². The van der Waals surface area contributed by atoms with E-state index >= 15 is 0 Å². The number of rotatable bonds is 5. The third kappa shape index (κ3) is 3.81. The third-order valence-corrected chi connectivity index (χ3v) is 1.99. The molecular formula is C10H14N2O2S. The highest BCUT2D eigenvalue weighted by atomic mass is 32.1. The summed E-state index contributed by atoms with van der Waals surface area (Å²) in [7, 11) is 1.62. The first-order valence-corrected chi connectivity index (χ1v) is 4.94. The number of aryl methyl sites for hydroxylation is 1. The van der Waals surface area contributed by atoms with E-state index in [-0.39, 0.29) is 0 Å². The lowest BCUT2D eigenvalue weighted by atomic mass is 10.2. The molecule has 0 radical (unpaired) electrons. The average Bonchev–Trinajstić information content (AvgIpc) is 2.17. The van der Waals surface area contributed by atoms with Gasteiger partial charge in [-0.1, -0.05) is 12.2 Å². The van der Waals surface area contributed by atoms with Crippen molar-refractivity contribution in [2.45, 2.75) is 6.92 Å². The molecule has 0 fully saturated rings. The molecule has 0 atom stereocenters. The summed E-state index contributed by atoms with van der Waals surface area (Å²) in [6.07, 6.45) is 0. The van der Waals surface area contributed by atoms with E-state index in [0.29, 0.717) is 24.1 Å². The van der Waals surface area contributed by atoms with Crippen LogP contribution in [-0.2, 0) is 4.74 Å².